The Morgan fingerprint density at radius 1 is 1.19 bits per heavy atom. The predicted molar refractivity (Wildman–Crippen MR) is 90.0 cm³/mol. The van der Waals surface area contributed by atoms with E-state index in [4.69, 9.17) is 4.74 Å². The first-order valence-electron chi connectivity index (χ1n) is 8.36. The molecule has 0 aliphatic carbocycles. The van der Waals surface area contributed by atoms with Crippen molar-refractivity contribution in [1.82, 2.24) is 20.4 Å². The predicted octanol–water partition coefficient (Wildman–Crippen LogP) is 0.617. The topological polar surface area (TPSA) is 39.8 Å². The van der Waals surface area contributed by atoms with Crippen molar-refractivity contribution in [1.29, 1.82) is 0 Å². The number of hydrogen-bond donors (Lipinski definition) is 2. The van der Waals surface area contributed by atoms with E-state index >= 15 is 0 Å². The van der Waals surface area contributed by atoms with Crippen LogP contribution in [-0.4, -0.2) is 87.5 Å². The molecule has 5 heteroatoms. The third-order valence-corrected chi connectivity index (χ3v) is 3.85. The number of likely N-dealkylation sites (N-methyl/N-ethyl adjacent to an activating group) is 1. The van der Waals surface area contributed by atoms with Crippen molar-refractivity contribution >= 4 is 0 Å². The van der Waals surface area contributed by atoms with Crippen molar-refractivity contribution < 1.29 is 4.74 Å². The van der Waals surface area contributed by atoms with Crippen molar-refractivity contribution in [2.24, 2.45) is 0 Å². The standard InChI is InChI=1S/C16H36N4O/c1-15(2)17-6-8-19(5)14-16(3,4)18-7-9-20-10-12-21-13-11-20/h15,17-18H,6-14H2,1-5H3. The minimum absolute atomic E-state index is 0.152. The van der Waals surface area contributed by atoms with Gasteiger partial charge in [0.15, 0.2) is 0 Å². The highest BCUT2D eigenvalue weighted by atomic mass is 16.5. The lowest BCUT2D eigenvalue weighted by atomic mass is 10.1. The highest BCUT2D eigenvalue weighted by molar-refractivity contribution is 4.81. The van der Waals surface area contributed by atoms with Crippen LogP contribution in [0.4, 0.5) is 0 Å². The number of ether oxygens (including phenoxy) is 1. The van der Waals surface area contributed by atoms with Crippen molar-refractivity contribution in [3.63, 3.8) is 0 Å². The van der Waals surface area contributed by atoms with E-state index < -0.39 is 0 Å². The van der Waals surface area contributed by atoms with E-state index in [1.54, 1.807) is 0 Å². The van der Waals surface area contributed by atoms with Crippen LogP contribution in [0.1, 0.15) is 27.7 Å². The third kappa shape index (κ3) is 9.42. The van der Waals surface area contributed by atoms with Gasteiger partial charge in [-0.2, -0.15) is 0 Å². The first-order valence-corrected chi connectivity index (χ1v) is 8.36. The summed E-state index contributed by atoms with van der Waals surface area (Å²) in [5.41, 5.74) is 0.152. The largest absolute Gasteiger partial charge is 0.379 e. The maximum atomic E-state index is 5.38. The zero-order valence-corrected chi connectivity index (χ0v) is 14.7. The summed E-state index contributed by atoms with van der Waals surface area (Å²) in [6, 6.07) is 0.568. The molecular weight excluding hydrogens is 264 g/mol. The molecule has 1 heterocycles. The molecule has 0 amide bonds. The Bertz CT molecular complexity index is 265. The fourth-order valence-electron chi connectivity index (χ4n) is 2.73. The second-order valence-electron chi connectivity index (χ2n) is 7.11. The molecule has 0 aromatic carbocycles. The summed E-state index contributed by atoms with van der Waals surface area (Å²) in [5.74, 6) is 0. The van der Waals surface area contributed by atoms with Crippen LogP contribution < -0.4 is 10.6 Å². The van der Waals surface area contributed by atoms with E-state index in [-0.39, 0.29) is 5.54 Å². The van der Waals surface area contributed by atoms with Gasteiger partial charge in [-0.15, -0.1) is 0 Å². The molecule has 2 N–H and O–H groups in total. The van der Waals surface area contributed by atoms with Gasteiger partial charge >= 0.3 is 0 Å². The molecule has 0 unspecified atom stereocenters. The van der Waals surface area contributed by atoms with Gasteiger partial charge in [0.2, 0.25) is 0 Å². The van der Waals surface area contributed by atoms with E-state index in [2.05, 4.69) is 55.2 Å². The van der Waals surface area contributed by atoms with Crippen LogP contribution in [0.25, 0.3) is 0 Å². The molecule has 126 valence electrons. The molecule has 0 bridgehead atoms. The third-order valence-electron chi connectivity index (χ3n) is 3.85. The Kier molecular flexibility index (Phi) is 8.74. The molecule has 1 aliphatic rings. The van der Waals surface area contributed by atoms with E-state index in [0.717, 1.165) is 59.0 Å². The van der Waals surface area contributed by atoms with Gasteiger partial charge in [-0.3, -0.25) is 4.90 Å². The fourth-order valence-corrected chi connectivity index (χ4v) is 2.73. The molecule has 1 saturated heterocycles. The van der Waals surface area contributed by atoms with Gasteiger partial charge < -0.3 is 20.3 Å². The highest BCUT2D eigenvalue weighted by Crippen LogP contribution is 2.04. The Labute approximate surface area is 131 Å². The SMILES string of the molecule is CC(C)NCCN(C)CC(C)(C)NCCN1CCOCC1. The summed E-state index contributed by atoms with van der Waals surface area (Å²) >= 11 is 0. The van der Waals surface area contributed by atoms with Gasteiger partial charge in [0.1, 0.15) is 0 Å². The van der Waals surface area contributed by atoms with Gasteiger partial charge in [0.05, 0.1) is 13.2 Å². The molecule has 0 atom stereocenters. The summed E-state index contributed by atoms with van der Waals surface area (Å²) in [4.78, 5) is 4.87. The quantitative estimate of drug-likeness (QED) is 0.619. The summed E-state index contributed by atoms with van der Waals surface area (Å²) in [5, 5.41) is 7.16. The van der Waals surface area contributed by atoms with Crippen LogP contribution >= 0.6 is 0 Å². The van der Waals surface area contributed by atoms with Gasteiger partial charge in [-0.1, -0.05) is 13.8 Å². The average molecular weight is 300 g/mol. The summed E-state index contributed by atoms with van der Waals surface area (Å²) in [6.45, 7) is 18.2. The molecule has 0 aromatic heterocycles. The molecule has 0 radical (unpaired) electrons. The summed E-state index contributed by atoms with van der Waals surface area (Å²) < 4.78 is 5.38. The second kappa shape index (κ2) is 9.74. The first kappa shape index (κ1) is 18.8. The molecule has 1 aliphatic heterocycles. The van der Waals surface area contributed by atoms with Crippen LogP contribution in [0, 0.1) is 0 Å². The lowest BCUT2D eigenvalue weighted by Gasteiger charge is -2.33. The van der Waals surface area contributed by atoms with E-state index in [9.17, 15) is 0 Å². The number of nitrogens with one attached hydrogen (secondary N) is 2. The molecule has 1 rings (SSSR count). The lowest BCUT2D eigenvalue weighted by molar-refractivity contribution is 0.0374. The number of rotatable bonds is 10. The van der Waals surface area contributed by atoms with Gasteiger partial charge in [-0.25, -0.2) is 0 Å². The van der Waals surface area contributed by atoms with E-state index in [0.29, 0.717) is 6.04 Å². The fraction of sp³-hybridized carbons (Fsp3) is 1.00. The molecule has 0 saturated carbocycles. The monoisotopic (exact) mass is 300 g/mol. The van der Waals surface area contributed by atoms with Crippen molar-refractivity contribution in [3.8, 4) is 0 Å². The van der Waals surface area contributed by atoms with Crippen LogP contribution in [0.15, 0.2) is 0 Å². The first-order chi connectivity index (χ1) is 9.89. The van der Waals surface area contributed by atoms with Crippen LogP contribution in [0.5, 0.6) is 0 Å². The molecule has 1 fully saturated rings. The number of hydrogen-bond acceptors (Lipinski definition) is 5. The molecule has 0 aromatic rings. The zero-order chi connectivity index (χ0) is 15.7. The van der Waals surface area contributed by atoms with Crippen LogP contribution in [0.2, 0.25) is 0 Å². The summed E-state index contributed by atoms with van der Waals surface area (Å²) in [7, 11) is 2.20. The molecule has 0 spiro atoms. The highest BCUT2D eigenvalue weighted by Gasteiger charge is 2.19. The molecular formula is C16H36N4O. The van der Waals surface area contributed by atoms with Crippen molar-refractivity contribution in [2.45, 2.75) is 39.3 Å². The minimum Gasteiger partial charge on any atom is -0.379 e. The van der Waals surface area contributed by atoms with Gasteiger partial charge in [0.25, 0.3) is 0 Å². The minimum atomic E-state index is 0.152. The Hall–Kier alpha value is -0.200. The Morgan fingerprint density at radius 3 is 2.48 bits per heavy atom. The number of morpholine rings is 1. The normalized spacial score (nSPS) is 17.9. The van der Waals surface area contributed by atoms with Crippen LogP contribution in [-0.2, 0) is 4.74 Å². The molecule has 5 nitrogen and oxygen atoms in total. The lowest BCUT2D eigenvalue weighted by Crippen LogP contribution is -2.51. The van der Waals surface area contributed by atoms with Crippen LogP contribution in [0.3, 0.4) is 0 Å². The van der Waals surface area contributed by atoms with Crippen molar-refractivity contribution in [3.05, 3.63) is 0 Å². The maximum absolute atomic E-state index is 5.38. The Balaban J connectivity index is 2.13. The number of nitrogens with zero attached hydrogens (tertiary/aromatic N) is 2. The molecule has 21 heavy (non-hydrogen) atoms. The smallest absolute Gasteiger partial charge is 0.0594 e. The van der Waals surface area contributed by atoms with Crippen molar-refractivity contribution in [2.75, 3.05) is 66.1 Å². The maximum Gasteiger partial charge on any atom is 0.0594 e. The van der Waals surface area contributed by atoms with Gasteiger partial charge in [-0.05, 0) is 20.9 Å². The zero-order valence-electron chi connectivity index (χ0n) is 14.7. The van der Waals surface area contributed by atoms with E-state index in [1.165, 1.54) is 0 Å². The average Bonchev–Trinajstić information content (AvgIpc) is 2.38. The second-order valence-corrected chi connectivity index (χ2v) is 7.11. The van der Waals surface area contributed by atoms with Gasteiger partial charge in [0, 0.05) is 57.4 Å². The summed E-state index contributed by atoms with van der Waals surface area (Å²) in [6.07, 6.45) is 0. The van der Waals surface area contributed by atoms with E-state index in [1.807, 2.05) is 0 Å². The Morgan fingerprint density at radius 2 is 1.86 bits per heavy atom.